The van der Waals surface area contributed by atoms with Crippen LogP contribution in [0.15, 0.2) is 29.6 Å². The molecule has 0 unspecified atom stereocenters. The Morgan fingerprint density at radius 1 is 1.31 bits per heavy atom. The maximum atomic E-state index is 13.0. The van der Waals surface area contributed by atoms with Crippen molar-refractivity contribution in [1.29, 1.82) is 0 Å². The topological polar surface area (TPSA) is 77.2 Å². The molecule has 0 saturated heterocycles. The number of hydrogen-bond acceptors (Lipinski definition) is 5. The summed E-state index contributed by atoms with van der Waals surface area (Å²) in [7, 11) is 0. The molecule has 11 heteroatoms. The molecule has 2 aromatic rings. The summed E-state index contributed by atoms with van der Waals surface area (Å²) in [5.41, 5.74) is 5.41. The van der Waals surface area contributed by atoms with Crippen molar-refractivity contribution in [2.45, 2.75) is 19.0 Å². The molecule has 5 nitrogen and oxygen atoms in total. The molecule has 0 atom stereocenters. The normalized spacial score (nSPS) is 10.5. The number of benzene rings is 1. The van der Waals surface area contributed by atoms with Crippen LogP contribution in [0.2, 0.25) is 5.02 Å². The van der Waals surface area contributed by atoms with Crippen LogP contribution in [0.1, 0.15) is 10.7 Å². The quantitative estimate of drug-likeness (QED) is 0.648. The molecule has 1 heterocycles. The number of hydrogen-bond donors (Lipinski definition) is 2. The van der Waals surface area contributed by atoms with E-state index in [4.69, 9.17) is 22.1 Å². The predicted molar refractivity (Wildman–Crippen MR) is 103 cm³/mol. The molecule has 2 rings (SSSR count). The van der Waals surface area contributed by atoms with Crippen molar-refractivity contribution in [3.8, 4) is 5.75 Å². The van der Waals surface area contributed by atoms with Crippen LogP contribution >= 0.6 is 47.8 Å². The van der Waals surface area contributed by atoms with Gasteiger partial charge in [0.2, 0.25) is 5.91 Å². The zero-order valence-electron chi connectivity index (χ0n) is 13.4. The standard InChI is InChI=1S/C15H16ClF2N3O2S.2ClH/c16-10-1-3-12(4-2-10)23-6-14-21-11(7-24-14)5-13(22)20-9-15(17,18)8-19;;/h1-4,7H,5-6,8-9,19H2,(H,20,22);2*1H. The van der Waals surface area contributed by atoms with Gasteiger partial charge in [-0.1, -0.05) is 11.6 Å². The molecule has 26 heavy (non-hydrogen) atoms. The first-order valence-electron chi connectivity index (χ1n) is 7.04. The lowest BCUT2D eigenvalue weighted by molar-refractivity contribution is -0.122. The summed E-state index contributed by atoms with van der Waals surface area (Å²) in [6.07, 6.45) is -0.0713. The van der Waals surface area contributed by atoms with E-state index in [1.807, 2.05) is 0 Å². The van der Waals surface area contributed by atoms with Crippen LogP contribution in [-0.2, 0) is 17.8 Å². The van der Waals surface area contributed by atoms with Gasteiger partial charge >= 0.3 is 0 Å². The van der Waals surface area contributed by atoms with Crippen LogP contribution < -0.4 is 15.8 Å². The van der Waals surface area contributed by atoms with E-state index in [0.717, 1.165) is 0 Å². The fourth-order valence-electron chi connectivity index (χ4n) is 1.70. The SMILES string of the molecule is Cl.Cl.NCC(F)(F)CNC(=O)Cc1csc(COc2ccc(Cl)cc2)n1. The molecule has 1 aromatic heterocycles. The Morgan fingerprint density at radius 3 is 2.58 bits per heavy atom. The first-order valence-corrected chi connectivity index (χ1v) is 8.30. The summed E-state index contributed by atoms with van der Waals surface area (Å²) in [6.45, 7) is -1.34. The summed E-state index contributed by atoms with van der Waals surface area (Å²) >= 11 is 7.12. The van der Waals surface area contributed by atoms with Gasteiger partial charge in [-0.3, -0.25) is 4.79 Å². The zero-order valence-corrected chi connectivity index (χ0v) is 16.6. The Balaban J connectivity index is 0.00000312. The van der Waals surface area contributed by atoms with E-state index >= 15 is 0 Å². The number of carbonyl (C=O) groups is 1. The van der Waals surface area contributed by atoms with Crippen molar-refractivity contribution in [3.63, 3.8) is 0 Å². The third-order valence-electron chi connectivity index (χ3n) is 2.96. The molecule has 1 aromatic carbocycles. The summed E-state index contributed by atoms with van der Waals surface area (Å²) in [5.74, 6) is -2.98. The molecule has 1 amide bonds. The third-order valence-corrected chi connectivity index (χ3v) is 4.08. The Labute approximate surface area is 171 Å². The van der Waals surface area contributed by atoms with Gasteiger partial charge < -0.3 is 15.8 Å². The van der Waals surface area contributed by atoms with Gasteiger partial charge in [0, 0.05) is 10.4 Å². The van der Waals surface area contributed by atoms with E-state index in [-0.39, 0.29) is 37.8 Å². The lowest BCUT2D eigenvalue weighted by Gasteiger charge is -2.14. The van der Waals surface area contributed by atoms with Gasteiger partial charge in [-0.15, -0.1) is 36.2 Å². The lowest BCUT2D eigenvalue weighted by Crippen LogP contribution is -2.42. The van der Waals surface area contributed by atoms with Crippen LogP contribution in [0.5, 0.6) is 5.75 Å². The monoisotopic (exact) mass is 447 g/mol. The maximum absolute atomic E-state index is 13.0. The number of halogens is 5. The van der Waals surface area contributed by atoms with Gasteiger partial charge in [-0.05, 0) is 24.3 Å². The number of alkyl halides is 2. The molecule has 0 saturated carbocycles. The molecule has 0 fully saturated rings. The molecule has 0 aliphatic carbocycles. The van der Waals surface area contributed by atoms with Crippen LogP contribution in [0, 0.1) is 0 Å². The van der Waals surface area contributed by atoms with Gasteiger partial charge in [-0.25, -0.2) is 13.8 Å². The Kier molecular flexibility index (Phi) is 11.0. The number of carbonyl (C=O) groups excluding carboxylic acids is 1. The van der Waals surface area contributed by atoms with Crippen molar-refractivity contribution >= 4 is 53.7 Å². The minimum absolute atomic E-state index is 0. The second-order valence-corrected chi connectivity index (χ2v) is 6.37. The van der Waals surface area contributed by atoms with E-state index in [1.165, 1.54) is 11.3 Å². The fourth-order valence-corrected chi connectivity index (χ4v) is 2.53. The van der Waals surface area contributed by atoms with Crippen molar-refractivity contribution in [2.24, 2.45) is 5.73 Å². The van der Waals surface area contributed by atoms with Gasteiger partial charge in [-0.2, -0.15) is 0 Å². The Hall–Kier alpha value is -1.19. The van der Waals surface area contributed by atoms with Gasteiger partial charge in [0.15, 0.2) is 0 Å². The average molecular weight is 449 g/mol. The van der Waals surface area contributed by atoms with Crippen LogP contribution in [-0.4, -0.2) is 29.9 Å². The molecular formula is C15H18Cl3F2N3O2S. The fraction of sp³-hybridized carbons (Fsp3) is 0.333. The van der Waals surface area contributed by atoms with Crippen molar-refractivity contribution in [3.05, 3.63) is 45.4 Å². The van der Waals surface area contributed by atoms with E-state index < -0.39 is 24.9 Å². The molecule has 0 spiro atoms. The van der Waals surface area contributed by atoms with Crippen molar-refractivity contribution in [1.82, 2.24) is 10.3 Å². The minimum Gasteiger partial charge on any atom is -0.486 e. The molecule has 0 bridgehead atoms. The number of aromatic nitrogens is 1. The lowest BCUT2D eigenvalue weighted by atomic mass is 10.3. The zero-order chi connectivity index (χ0) is 17.6. The van der Waals surface area contributed by atoms with E-state index in [1.54, 1.807) is 29.6 Å². The molecule has 0 aliphatic rings. The predicted octanol–water partition coefficient (Wildman–Crippen LogP) is 3.47. The van der Waals surface area contributed by atoms with Crippen LogP contribution in [0.4, 0.5) is 8.78 Å². The van der Waals surface area contributed by atoms with Gasteiger partial charge in [0.05, 0.1) is 25.2 Å². The highest BCUT2D eigenvalue weighted by Gasteiger charge is 2.27. The number of nitrogens with zero attached hydrogens (tertiary/aromatic N) is 1. The summed E-state index contributed by atoms with van der Waals surface area (Å²) in [6, 6.07) is 6.90. The number of amides is 1. The molecule has 3 N–H and O–H groups in total. The largest absolute Gasteiger partial charge is 0.486 e. The van der Waals surface area contributed by atoms with Crippen molar-refractivity contribution < 1.29 is 18.3 Å². The number of nitrogens with one attached hydrogen (secondary N) is 1. The highest BCUT2D eigenvalue weighted by atomic mass is 35.5. The Bertz CT molecular complexity index is 687. The van der Waals surface area contributed by atoms with Crippen LogP contribution in [0.25, 0.3) is 0 Å². The molecule has 146 valence electrons. The van der Waals surface area contributed by atoms with E-state index in [2.05, 4.69) is 10.3 Å². The summed E-state index contributed by atoms with van der Waals surface area (Å²) in [4.78, 5) is 15.9. The number of ether oxygens (including phenoxy) is 1. The Morgan fingerprint density at radius 2 is 1.96 bits per heavy atom. The highest BCUT2D eigenvalue weighted by Crippen LogP contribution is 2.18. The highest BCUT2D eigenvalue weighted by molar-refractivity contribution is 7.09. The van der Waals surface area contributed by atoms with Gasteiger partial charge in [0.1, 0.15) is 17.4 Å². The molecular weight excluding hydrogens is 431 g/mol. The second kappa shape index (κ2) is 11.5. The second-order valence-electron chi connectivity index (χ2n) is 4.99. The van der Waals surface area contributed by atoms with E-state index in [9.17, 15) is 13.6 Å². The van der Waals surface area contributed by atoms with E-state index in [0.29, 0.717) is 21.5 Å². The number of nitrogens with two attached hydrogens (primary N) is 1. The summed E-state index contributed by atoms with van der Waals surface area (Å²) < 4.78 is 31.5. The maximum Gasteiger partial charge on any atom is 0.277 e. The van der Waals surface area contributed by atoms with Gasteiger partial charge in [0.25, 0.3) is 5.92 Å². The summed E-state index contributed by atoms with van der Waals surface area (Å²) in [5, 5.41) is 5.14. The first-order chi connectivity index (χ1) is 11.4. The average Bonchev–Trinajstić information content (AvgIpc) is 3.00. The first kappa shape index (κ1) is 24.8. The van der Waals surface area contributed by atoms with Crippen molar-refractivity contribution in [2.75, 3.05) is 13.1 Å². The minimum atomic E-state index is -3.10. The third kappa shape index (κ3) is 8.46. The molecule has 0 radical (unpaired) electrons. The molecule has 0 aliphatic heterocycles. The number of rotatable bonds is 8. The van der Waals surface area contributed by atoms with Crippen LogP contribution in [0.3, 0.4) is 0 Å². The smallest absolute Gasteiger partial charge is 0.277 e. The number of thiazole rings is 1.